The fraction of sp³-hybridized carbons (Fsp3) is 0.160. The second-order valence-corrected chi connectivity index (χ2v) is 9.31. The number of para-hydroxylation sites is 1. The molecule has 0 amide bonds. The van der Waals surface area contributed by atoms with Crippen LogP contribution in [0.25, 0.3) is 0 Å². The maximum absolute atomic E-state index is 12.6. The third kappa shape index (κ3) is 3.05. The number of halogens is 1. The van der Waals surface area contributed by atoms with Crippen LogP contribution in [0.4, 0.5) is 11.4 Å². The van der Waals surface area contributed by atoms with Crippen molar-refractivity contribution in [2.45, 2.75) is 25.8 Å². The summed E-state index contributed by atoms with van der Waals surface area (Å²) in [4.78, 5) is 11.6. The number of hydrazone groups is 2. The second-order valence-electron chi connectivity index (χ2n) is 7.75. The molecule has 0 bridgehead atoms. The number of benzene rings is 3. The molecule has 3 aromatic carbocycles. The van der Waals surface area contributed by atoms with E-state index in [4.69, 9.17) is 21.8 Å². The highest BCUT2D eigenvalue weighted by molar-refractivity contribution is 8.17. The fourth-order valence-electron chi connectivity index (χ4n) is 4.11. The Morgan fingerprint density at radius 3 is 2.38 bits per heavy atom. The molecule has 2 heterocycles. The number of ketones is 1. The summed E-state index contributed by atoms with van der Waals surface area (Å²) in [7, 11) is 0. The normalized spacial score (nSPS) is 19.6. The fourth-order valence-corrected chi connectivity index (χ4v) is 5.57. The third-order valence-corrected chi connectivity index (χ3v) is 7.51. The molecule has 5 nitrogen and oxygen atoms in total. The van der Waals surface area contributed by atoms with Gasteiger partial charge in [0, 0.05) is 23.1 Å². The monoisotopic (exact) mass is 460 g/mol. The lowest BCUT2D eigenvalue weighted by molar-refractivity contribution is -0.110. The van der Waals surface area contributed by atoms with E-state index in [1.54, 1.807) is 6.92 Å². The van der Waals surface area contributed by atoms with Crippen LogP contribution in [0.15, 0.2) is 83.0 Å². The molecular weight excluding hydrogens is 440 g/mol. The van der Waals surface area contributed by atoms with E-state index in [0.717, 1.165) is 33.8 Å². The summed E-state index contributed by atoms with van der Waals surface area (Å²) < 4.78 is 0. The smallest absolute Gasteiger partial charge is 0.234 e. The van der Waals surface area contributed by atoms with Crippen LogP contribution in [0.3, 0.4) is 0 Å². The molecule has 0 radical (unpaired) electrons. The van der Waals surface area contributed by atoms with Crippen molar-refractivity contribution in [3.63, 3.8) is 0 Å². The molecule has 1 unspecified atom stereocenters. The van der Waals surface area contributed by atoms with Gasteiger partial charge in [0.05, 0.1) is 17.1 Å². The quantitative estimate of drug-likeness (QED) is 0.469. The van der Waals surface area contributed by atoms with Crippen molar-refractivity contribution >= 4 is 51.3 Å². The number of nitrogens with zero attached hydrogens (tertiary/aromatic N) is 4. The number of anilines is 2. The van der Waals surface area contributed by atoms with E-state index < -0.39 is 4.99 Å². The van der Waals surface area contributed by atoms with Gasteiger partial charge in [0.25, 0.3) is 0 Å². The second kappa shape index (κ2) is 7.80. The van der Waals surface area contributed by atoms with Crippen LogP contribution in [0.1, 0.15) is 30.5 Å². The van der Waals surface area contributed by atoms with Crippen LogP contribution < -0.4 is 10.0 Å². The number of hydrogen-bond donors (Lipinski definition) is 0. The molecule has 160 valence electrons. The van der Waals surface area contributed by atoms with E-state index in [0.29, 0.717) is 10.1 Å². The molecule has 0 aromatic heterocycles. The van der Waals surface area contributed by atoms with Crippen molar-refractivity contribution in [2.24, 2.45) is 10.2 Å². The van der Waals surface area contributed by atoms with Crippen molar-refractivity contribution in [1.82, 2.24) is 0 Å². The van der Waals surface area contributed by atoms with E-state index in [9.17, 15) is 4.79 Å². The molecule has 32 heavy (non-hydrogen) atoms. The summed E-state index contributed by atoms with van der Waals surface area (Å²) in [5.41, 5.74) is 5.55. The third-order valence-electron chi connectivity index (χ3n) is 5.69. The van der Waals surface area contributed by atoms with Crippen molar-refractivity contribution < 1.29 is 4.79 Å². The largest absolute Gasteiger partial charge is 0.292 e. The standard InChI is InChI=1S/C25H21ClN4OS/c1-16-22(26)14-9-15-23(16)30-25(32-24(28-30)18(3)31)21-13-8-7-12-20(21)17(2)27-29(25)19-10-5-4-6-11-19/h4-15H,1-3H3. The molecule has 0 saturated carbocycles. The minimum absolute atomic E-state index is 0.0895. The zero-order valence-electron chi connectivity index (χ0n) is 17.9. The number of carbonyl (C=O) groups excluding carboxylic acids is 1. The van der Waals surface area contributed by atoms with Crippen LogP contribution in [0.5, 0.6) is 0 Å². The van der Waals surface area contributed by atoms with Crippen molar-refractivity contribution in [3.05, 3.63) is 94.5 Å². The predicted molar refractivity (Wildman–Crippen MR) is 134 cm³/mol. The Labute approximate surface area is 196 Å². The average molecular weight is 461 g/mol. The topological polar surface area (TPSA) is 48.3 Å². The van der Waals surface area contributed by atoms with E-state index in [-0.39, 0.29) is 5.78 Å². The average Bonchev–Trinajstić information content (AvgIpc) is 3.20. The lowest BCUT2D eigenvalue weighted by Crippen LogP contribution is -2.53. The summed E-state index contributed by atoms with van der Waals surface area (Å²) in [6.45, 7) is 5.51. The number of Topliss-reactive ketones (excluding diaryl/α,β-unsaturated/α-hetero) is 1. The molecule has 7 heteroatoms. The SMILES string of the molecule is CC(=O)C1=NN(c2cccc(Cl)c2C)C2(S1)c1ccccc1C(C)=NN2c1ccccc1. The van der Waals surface area contributed by atoms with Crippen LogP contribution in [-0.4, -0.2) is 16.5 Å². The highest BCUT2D eigenvalue weighted by Gasteiger charge is 2.55. The van der Waals surface area contributed by atoms with Gasteiger partial charge in [-0.05, 0) is 55.4 Å². The Hall–Kier alpha value is -3.09. The molecule has 0 N–H and O–H groups in total. The van der Waals surface area contributed by atoms with Gasteiger partial charge in [-0.25, -0.2) is 10.0 Å². The minimum atomic E-state index is -0.923. The predicted octanol–water partition coefficient (Wildman–Crippen LogP) is 6.16. The van der Waals surface area contributed by atoms with Gasteiger partial charge >= 0.3 is 0 Å². The highest BCUT2D eigenvalue weighted by atomic mass is 35.5. The van der Waals surface area contributed by atoms with Gasteiger partial charge < -0.3 is 0 Å². The Kier molecular flexibility index (Phi) is 5.07. The Morgan fingerprint density at radius 1 is 0.906 bits per heavy atom. The Morgan fingerprint density at radius 2 is 1.62 bits per heavy atom. The van der Waals surface area contributed by atoms with Gasteiger partial charge in [0.2, 0.25) is 4.99 Å². The first-order valence-electron chi connectivity index (χ1n) is 10.3. The summed E-state index contributed by atoms with van der Waals surface area (Å²) in [5.74, 6) is -0.0895. The van der Waals surface area contributed by atoms with Gasteiger partial charge in [0.1, 0.15) is 0 Å². The van der Waals surface area contributed by atoms with E-state index >= 15 is 0 Å². The summed E-state index contributed by atoms with van der Waals surface area (Å²) in [6, 6.07) is 23.9. The zero-order valence-corrected chi connectivity index (χ0v) is 19.5. The van der Waals surface area contributed by atoms with Crippen molar-refractivity contribution in [1.29, 1.82) is 0 Å². The van der Waals surface area contributed by atoms with Crippen molar-refractivity contribution in [2.75, 3.05) is 10.0 Å². The molecule has 0 aliphatic carbocycles. The number of fused-ring (bicyclic) bond motifs is 2. The molecule has 2 aliphatic rings. The van der Waals surface area contributed by atoms with Gasteiger partial charge in [-0.2, -0.15) is 10.2 Å². The first kappa shape index (κ1) is 20.8. The maximum atomic E-state index is 12.6. The molecular formula is C25H21ClN4OS. The minimum Gasteiger partial charge on any atom is -0.292 e. The number of carbonyl (C=O) groups is 1. The van der Waals surface area contributed by atoms with Crippen LogP contribution in [0.2, 0.25) is 5.02 Å². The van der Waals surface area contributed by atoms with Crippen LogP contribution >= 0.6 is 23.4 Å². The lowest BCUT2D eigenvalue weighted by atomic mass is 9.97. The molecule has 2 aliphatic heterocycles. The summed E-state index contributed by atoms with van der Waals surface area (Å²) >= 11 is 7.91. The van der Waals surface area contributed by atoms with Crippen LogP contribution in [0, 0.1) is 6.92 Å². The summed E-state index contributed by atoms with van der Waals surface area (Å²) in [5, 5.41) is 14.8. The van der Waals surface area contributed by atoms with E-state index in [2.05, 4.69) is 12.1 Å². The lowest BCUT2D eigenvalue weighted by Gasteiger charge is -2.47. The van der Waals surface area contributed by atoms with Gasteiger partial charge in [-0.15, -0.1) is 0 Å². The molecule has 3 aromatic rings. The number of thioether (sulfide) groups is 1. The van der Waals surface area contributed by atoms with Gasteiger partial charge in [-0.1, -0.05) is 60.1 Å². The van der Waals surface area contributed by atoms with Crippen molar-refractivity contribution in [3.8, 4) is 0 Å². The highest BCUT2D eigenvalue weighted by Crippen LogP contribution is 2.55. The Balaban J connectivity index is 1.85. The summed E-state index contributed by atoms with van der Waals surface area (Å²) in [6.07, 6.45) is 0. The van der Waals surface area contributed by atoms with Gasteiger partial charge in [-0.3, -0.25) is 4.79 Å². The first-order chi connectivity index (χ1) is 15.4. The molecule has 1 spiro atoms. The van der Waals surface area contributed by atoms with E-state index in [1.165, 1.54) is 11.8 Å². The zero-order chi connectivity index (χ0) is 22.5. The number of hydrogen-bond acceptors (Lipinski definition) is 6. The molecule has 1 atom stereocenters. The maximum Gasteiger partial charge on any atom is 0.234 e. The Bertz CT molecular complexity index is 1290. The van der Waals surface area contributed by atoms with Crippen LogP contribution in [-0.2, 0) is 9.79 Å². The molecule has 5 rings (SSSR count). The molecule has 0 saturated heterocycles. The molecule has 0 fully saturated rings. The first-order valence-corrected chi connectivity index (χ1v) is 11.5. The van der Waals surface area contributed by atoms with E-state index in [1.807, 2.05) is 84.5 Å². The number of rotatable bonds is 3. The van der Waals surface area contributed by atoms with Gasteiger partial charge in [0.15, 0.2) is 10.8 Å².